The van der Waals surface area contributed by atoms with E-state index in [0.717, 1.165) is 12.8 Å². The van der Waals surface area contributed by atoms with Gasteiger partial charge in [0, 0.05) is 18.8 Å². The summed E-state index contributed by atoms with van der Waals surface area (Å²) in [6.07, 6.45) is 1.69. The standard InChI is InChI=1S/C15H22ClN3O3S/c1-10(2)14(17)15(20)18-11-5-6-12(16)13(9-11)23(21,22)19-7-3-4-8-19/h5-6,9-10,14H,3-4,7-8,17H2,1-2H3,(H,18,20)/t14-/m0/s1. The molecular formula is C15H22ClN3O3S. The Morgan fingerprint density at radius 2 is 1.91 bits per heavy atom. The van der Waals surface area contributed by atoms with E-state index in [0.29, 0.717) is 18.8 Å². The molecule has 1 heterocycles. The minimum atomic E-state index is -3.65. The van der Waals surface area contributed by atoms with Crippen LogP contribution in [-0.2, 0) is 14.8 Å². The first kappa shape index (κ1) is 18.2. The summed E-state index contributed by atoms with van der Waals surface area (Å²) in [5, 5.41) is 2.79. The molecule has 0 aliphatic carbocycles. The van der Waals surface area contributed by atoms with Gasteiger partial charge >= 0.3 is 0 Å². The van der Waals surface area contributed by atoms with Gasteiger partial charge in [-0.25, -0.2) is 8.42 Å². The predicted octanol–water partition coefficient (Wildman–Crippen LogP) is 2.05. The van der Waals surface area contributed by atoms with Gasteiger partial charge in [0.2, 0.25) is 15.9 Å². The molecule has 23 heavy (non-hydrogen) atoms. The molecule has 1 fully saturated rings. The normalized spacial score (nSPS) is 17.4. The number of hydrogen-bond acceptors (Lipinski definition) is 4. The highest BCUT2D eigenvalue weighted by molar-refractivity contribution is 7.89. The van der Waals surface area contributed by atoms with E-state index in [4.69, 9.17) is 17.3 Å². The number of sulfonamides is 1. The molecule has 1 saturated heterocycles. The highest BCUT2D eigenvalue weighted by Crippen LogP contribution is 2.29. The maximum absolute atomic E-state index is 12.6. The Morgan fingerprint density at radius 1 is 1.30 bits per heavy atom. The first-order valence-electron chi connectivity index (χ1n) is 7.59. The topological polar surface area (TPSA) is 92.5 Å². The van der Waals surface area contributed by atoms with E-state index in [-0.39, 0.29) is 21.7 Å². The summed E-state index contributed by atoms with van der Waals surface area (Å²) in [7, 11) is -3.65. The second kappa shape index (κ2) is 7.17. The summed E-state index contributed by atoms with van der Waals surface area (Å²) >= 11 is 6.07. The molecule has 0 radical (unpaired) electrons. The molecular weight excluding hydrogens is 338 g/mol. The Hall–Kier alpha value is -1.15. The first-order valence-corrected chi connectivity index (χ1v) is 9.41. The lowest BCUT2D eigenvalue weighted by Gasteiger charge is -2.18. The zero-order valence-electron chi connectivity index (χ0n) is 13.3. The van der Waals surface area contributed by atoms with Crippen molar-refractivity contribution in [2.45, 2.75) is 37.6 Å². The fraction of sp³-hybridized carbons (Fsp3) is 0.533. The van der Waals surface area contributed by atoms with Crippen LogP contribution in [0.1, 0.15) is 26.7 Å². The van der Waals surface area contributed by atoms with Crippen molar-refractivity contribution in [3.05, 3.63) is 23.2 Å². The lowest BCUT2D eigenvalue weighted by molar-refractivity contribution is -0.118. The molecule has 1 aliphatic rings. The number of nitrogens with zero attached hydrogens (tertiary/aromatic N) is 1. The maximum Gasteiger partial charge on any atom is 0.244 e. The Kier molecular flexibility index (Phi) is 5.67. The van der Waals surface area contributed by atoms with Gasteiger partial charge in [-0.05, 0) is 37.0 Å². The molecule has 0 bridgehead atoms. The summed E-state index contributed by atoms with van der Waals surface area (Å²) < 4.78 is 26.7. The van der Waals surface area contributed by atoms with Crippen molar-refractivity contribution < 1.29 is 13.2 Å². The molecule has 128 valence electrons. The van der Waals surface area contributed by atoms with Gasteiger partial charge in [-0.2, -0.15) is 4.31 Å². The Morgan fingerprint density at radius 3 is 2.48 bits per heavy atom. The van der Waals surface area contributed by atoms with Crippen LogP contribution in [-0.4, -0.2) is 37.8 Å². The number of carbonyl (C=O) groups excluding carboxylic acids is 1. The van der Waals surface area contributed by atoms with Gasteiger partial charge in [-0.3, -0.25) is 4.79 Å². The third-order valence-electron chi connectivity index (χ3n) is 3.90. The van der Waals surface area contributed by atoms with Gasteiger partial charge in [0.25, 0.3) is 0 Å². The third-order valence-corrected chi connectivity index (χ3v) is 6.28. The van der Waals surface area contributed by atoms with E-state index in [1.165, 1.54) is 16.4 Å². The van der Waals surface area contributed by atoms with Crippen molar-refractivity contribution in [2.24, 2.45) is 11.7 Å². The fourth-order valence-electron chi connectivity index (χ4n) is 2.37. The van der Waals surface area contributed by atoms with E-state index in [1.54, 1.807) is 6.07 Å². The molecule has 0 spiro atoms. The highest BCUT2D eigenvalue weighted by Gasteiger charge is 2.29. The van der Waals surface area contributed by atoms with Crippen LogP contribution in [0.3, 0.4) is 0 Å². The summed E-state index contributed by atoms with van der Waals surface area (Å²) in [5.74, 6) is -0.373. The van der Waals surface area contributed by atoms with Crippen LogP contribution in [0.4, 0.5) is 5.69 Å². The number of rotatable bonds is 5. The molecule has 1 aromatic rings. The van der Waals surface area contributed by atoms with Crippen LogP contribution < -0.4 is 11.1 Å². The zero-order chi connectivity index (χ0) is 17.2. The van der Waals surface area contributed by atoms with Crippen LogP contribution in [0, 0.1) is 5.92 Å². The molecule has 1 aliphatic heterocycles. The largest absolute Gasteiger partial charge is 0.325 e. The van der Waals surface area contributed by atoms with Gasteiger partial charge in [0.05, 0.1) is 11.1 Å². The van der Waals surface area contributed by atoms with Crippen LogP contribution in [0.25, 0.3) is 0 Å². The predicted molar refractivity (Wildman–Crippen MR) is 90.9 cm³/mol. The van der Waals surface area contributed by atoms with Crippen molar-refractivity contribution in [3.63, 3.8) is 0 Å². The molecule has 1 atom stereocenters. The second-order valence-electron chi connectivity index (χ2n) is 6.02. The monoisotopic (exact) mass is 359 g/mol. The van der Waals surface area contributed by atoms with Crippen molar-refractivity contribution in [3.8, 4) is 0 Å². The summed E-state index contributed by atoms with van der Waals surface area (Å²) in [5.41, 5.74) is 6.17. The average Bonchev–Trinajstić information content (AvgIpc) is 3.03. The smallest absolute Gasteiger partial charge is 0.244 e. The molecule has 0 unspecified atom stereocenters. The minimum absolute atomic E-state index is 0.0111. The highest BCUT2D eigenvalue weighted by atomic mass is 35.5. The summed E-state index contributed by atoms with van der Waals surface area (Å²) in [6, 6.07) is 3.77. The minimum Gasteiger partial charge on any atom is -0.325 e. The molecule has 0 saturated carbocycles. The van der Waals surface area contributed by atoms with Crippen LogP contribution in [0.15, 0.2) is 23.1 Å². The lowest BCUT2D eigenvalue weighted by atomic mass is 10.1. The van der Waals surface area contributed by atoms with E-state index in [9.17, 15) is 13.2 Å². The summed E-state index contributed by atoms with van der Waals surface area (Å²) in [6.45, 7) is 4.67. The lowest BCUT2D eigenvalue weighted by Crippen LogP contribution is -2.39. The van der Waals surface area contributed by atoms with Crippen molar-refractivity contribution in [1.82, 2.24) is 4.31 Å². The maximum atomic E-state index is 12.6. The van der Waals surface area contributed by atoms with Gasteiger partial charge in [-0.15, -0.1) is 0 Å². The molecule has 1 amide bonds. The number of nitrogens with one attached hydrogen (secondary N) is 1. The van der Waals surface area contributed by atoms with Gasteiger partial charge in [0.15, 0.2) is 0 Å². The SMILES string of the molecule is CC(C)[C@H](N)C(=O)Nc1ccc(Cl)c(S(=O)(=O)N2CCCC2)c1. The first-order chi connectivity index (χ1) is 10.7. The van der Waals surface area contributed by atoms with Crippen LogP contribution in [0.2, 0.25) is 5.02 Å². The Bertz CT molecular complexity index is 685. The van der Waals surface area contributed by atoms with E-state index in [1.807, 2.05) is 13.8 Å². The number of nitrogens with two attached hydrogens (primary N) is 1. The van der Waals surface area contributed by atoms with Crippen molar-refractivity contribution in [1.29, 1.82) is 0 Å². The number of halogens is 1. The van der Waals surface area contributed by atoms with Crippen LogP contribution in [0.5, 0.6) is 0 Å². The Balaban J connectivity index is 2.27. The van der Waals surface area contributed by atoms with Gasteiger partial charge < -0.3 is 11.1 Å². The molecule has 3 N–H and O–H groups in total. The van der Waals surface area contributed by atoms with Gasteiger partial charge in [0.1, 0.15) is 4.90 Å². The number of benzene rings is 1. The Labute approximate surface area is 142 Å². The fourth-order valence-corrected chi connectivity index (χ4v) is 4.39. The van der Waals surface area contributed by atoms with Crippen LogP contribution >= 0.6 is 11.6 Å². The molecule has 1 aromatic carbocycles. The number of amides is 1. The second-order valence-corrected chi connectivity index (χ2v) is 8.33. The molecule has 2 rings (SSSR count). The molecule has 0 aromatic heterocycles. The molecule has 6 nitrogen and oxygen atoms in total. The number of hydrogen-bond donors (Lipinski definition) is 2. The average molecular weight is 360 g/mol. The van der Waals surface area contributed by atoms with Gasteiger partial charge in [-0.1, -0.05) is 25.4 Å². The van der Waals surface area contributed by atoms with Crippen molar-refractivity contribution >= 4 is 33.2 Å². The van der Waals surface area contributed by atoms with Crippen molar-refractivity contribution in [2.75, 3.05) is 18.4 Å². The van der Waals surface area contributed by atoms with E-state index < -0.39 is 16.1 Å². The third kappa shape index (κ3) is 4.03. The van der Waals surface area contributed by atoms with E-state index >= 15 is 0 Å². The summed E-state index contributed by atoms with van der Waals surface area (Å²) in [4.78, 5) is 12.0. The van der Waals surface area contributed by atoms with E-state index in [2.05, 4.69) is 5.32 Å². The quantitative estimate of drug-likeness (QED) is 0.841. The number of carbonyl (C=O) groups is 1. The zero-order valence-corrected chi connectivity index (χ0v) is 14.8. The number of anilines is 1. The molecule has 8 heteroatoms.